The lowest BCUT2D eigenvalue weighted by atomic mass is 10.3. The summed E-state index contributed by atoms with van der Waals surface area (Å²) < 4.78 is 10.2. The van der Waals surface area contributed by atoms with Gasteiger partial charge in [0.05, 0.1) is 12.2 Å². The molecule has 23 heavy (non-hydrogen) atoms. The highest BCUT2D eigenvalue weighted by atomic mass is 35.5. The third-order valence-electron chi connectivity index (χ3n) is 2.76. The van der Waals surface area contributed by atoms with E-state index >= 15 is 0 Å². The molecule has 0 unspecified atom stereocenters. The van der Waals surface area contributed by atoms with Crippen LogP contribution < -0.4 is 10.1 Å². The molecule has 120 valence electrons. The van der Waals surface area contributed by atoms with Crippen molar-refractivity contribution in [3.63, 3.8) is 0 Å². The van der Waals surface area contributed by atoms with Crippen LogP contribution in [0.15, 0.2) is 42.6 Å². The molecule has 0 saturated heterocycles. The van der Waals surface area contributed by atoms with E-state index in [1.54, 1.807) is 30.3 Å². The average Bonchev–Trinajstić information content (AvgIpc) is 2.55. The van der Waals surface area contributed by atoms with Crippen LogP contribution in [0.3, 0.4) is 0 Å². The van der Waals surface area contributed by atoms with E-state index in [-0.39, 0.29) is 10.7 Å². The van der Waals surface area contributed by atoms with Crippen LogP contribution in [-0.2, 0) is 9.53 Å². The highest BCUT2D eigenvalue weighted by Crippen LogP contribution is 2.16. The predicted octanol–water partition coefficient (Wildman–Crippen LogP) is 2.93. The van der Waals surface area contributed by atoms with Gasteiger partial charge >= 0.3 is 5.97 Å². The van der Waals surface area contributed by atoms with Gasteiger partial charge in [-0.2, -0.15) is 0 Å². The molecular formula is C16H15ClN2O4. The van der Waals surface area contributed by atoms with Crippen molar-refractivity contribution in [3.05, 3.63) is 53.3 Å². The molecule has 7 heteroatoms. The Labute approximate surface area is 138 Å². The van der Waals surface area contributed by atoms with E-state index in [0.717, 1.165) is 0 Å². The summed E-state index contributed by atoms with van der Waals surface area (Å²) in [5, 5.41) is 2.64. The minimum atomic E-state index is -0.704. The number of hydrogen-bond donors (Lipinski definition) is 1. The molecule has 1 amide bonds. The Bertz CT molecular complexity index is 689. The molecular weight excluding hydrogens is 320 g/mol. The largest absolute Gasteiger partial charge is 0.494 e. The van der Waals surface area contributed by atoms with E-state index in [1.165, 1.54) is 12.3 Å². The Hall–Kier alpha value is -2.60. The molecule has 1 aromatic heterocycles. The molecule has 0 spiro atoms. The number of hydrogen-bond acceptors (Lipinski definition) is 5. The van der Waals surface area contributed by atoms with Gasteiger partial charge in [-0.25, -0.2) is 9.78 Å². The zero-order valence-corrected chi connectivity index (χ0v) is 13.2. The number of halogens is 1. The fourth-order valence-corrected chi connectivity index (χ4v) is 1.94. The number of nitrogens with one attached hydrogen (secondary N) is 1. The fraction of sp³-hybridized carbons (Fsp3) is 0.188. The van der Waals surface area contributed by atoms with Crippen LogP contribution >= 0.6 is 11.6 Å². The van der Waals surface area contributed by atoms with Gasteiger partial charge in [0.25, 0.3) is 5.91 Å². The molecule has 0 aliphatic rings. The number of carbonyl (C=O) groups is 2. The van der Waals surface area contributed by atoms with Crippen LogP contribution in [0.2, 0.25) is 5.15 Å². The summed E-state index contributed by atoms with van der Waals surface area (Å²) in [5.41, 5.74) is 0.692. The third-order valence-corrected chi connectivity index (χ3v) is 3.06. The standard InChI is InChI=1S/C16H15ClN2O4/c1-2-22-12-7-5-11(6-8-12)19-14(20)10-23-16(21)13-4-3-9-18-15(13)17/h3-9H,2,10H2,1H3,(H,19,20). The molecule has 0 saturated carbocycles. The van der Waals surface area contributed by atoms with Crippen LogP contribution in [0.25, 0.3) is 0 Å². The number of anilines is 1. The summed E-state index contributed by atoms with van der Waals surface area (Å²) >= 11 is 5.78. The molecule has 1 heterocycles. The quantitative estimate of drug-likeness (QED) is 0.649. The average molecular weight is 335 g/mol. The normalized spacial score (nSPS) is 10.0. The van der Waals surface area contributed by atoms with Crippen molar-refractivity contribution in [2.75, 3.05) is 18.5 Å². The van der Waals surface area contributed by atoms with Gasteiger partial charge in [0.15, 0.2) is 6.61 Å². The van der Waals surface area contributed by atoms with Gasteiger partial charge in [-0.05, 0) is 43.3 Å². The van der Waals surface area contributed by atoms with Crippen molar-refractivity contribution in [1.82, 2.24) is 4.98 Å². The highest BCUT2D eigenvalue weighted by Gasteiger charge is 2.14. The predicted molar refractivity (Wildman–Crippen MR) is 85.8 cm³/mol. The van der Waals surface area contributed by atoms with Gasteiger partial charge in [0, 0.05) is 11.9 Å². The third kappa shape index (κ3) is 4.96. The summed E-state index contributed by atoms with van der Waals surface area (Å²) in [7, 11) is 0. The van der Waals surface area contributed by atoms with Crippen molar-refractivity contribution in [1.29, 1.82) is 0 Å². The molecule has 0 atom stereocenters. The van der Waals surface area contributed by atoms with E-state index in [4.69, 9.17) is 21.1 Å². The SMILES string of the molecule is CCOc1ccc(NC(=O)COC(=O)c2cccnc2Cl)cc1. The first-order valence-electron chi connectivity index (χ1n) is 6.90. The van der Waals surface area contributed by atoms with Crippen LogP contribution in [0.5, 0.6) is 5.75 Å². The molecule has 1 aromatic carbocycles. The number of pyridine rings is 1. The van der Waals surface area contributed by atoms with Crippen LogP contribution in [0.1, 0.15) is 17.3 Å². The number of esters is 1. The Morgan fingerprint density at radius 3 is 2.61 bits per heavy atom. The number of ether oxygens (including phenoxy) is 2. The lowest BCUT2D eigenvalue weighted by Gasteiger charge is -2.08. The topological polar surface area (TPSA) is 77.5 Å². The number of aromatic nitrogens is 1. The Morgan fingerprint density at radius 1 is 1.22 bits per heavy atom. The van der Waals surface area contributed by atoms with Gasteiger partial charge in [0.2, 0.25) is 0 Å². The number of amides is 1. The Balaban J connectivity index is 1.85. The minimum absolute atomic E-state index is 0.0319. The van der Waals surface area contributed by atoms with Crippen LogP contribution in [0, 0.1) is 0 Å². The second kappa shape index (κ2) is 8.14. The molecule has 0 bridgehead atoms. The van der Waals surface area contributed by atoms with Crippen molar-refractivity contribution >= 4 is 29.2 Å². The number of benzene rings is 1. The van der Waals surface area contributed by atoms with Crippen molar-refractivity contribution < 1.29 is 19.1 Å². The summed E-state index contributed by atoms with van der Waals surface area (Å²) in [6.07, 6.45) is 1.46. The lowest BCUT2D eigenvalue weighted by Crippen LogP contribution is -2.21. The molecule has 2 rings (SSSR count). The second-order valence-corrected chi connectivity index (χ2v) is 4.78. The summed E-state index contributed by atoms with van der Waals surface area (Å²) in [4.78, 5) is 27.3. The second-order valence-electron chi connectivity index (χ2n) is 4.42. The highest BCUT2D eigenvalue weighted by molar-refractivity contribution is 6.32. The van der Waals surface area contributed by atoms with Crippen LogP contribution in [0.4, 0.5) is 5.69 Å². The van der Waals surface area contributed by atoms with Crippen molar-refractivity contribution in [2.45, 2.75) is 6.92 Å². The zero-order chi connectivity index (χ0) is 16.7. The zero-order valence-electron chi connectivity index (χ0n) is 12.4. The smallest absolute Gasteiger partial charge is 0.341 e. The molecule has 6 nitrogen and oxygen atoms in total. The number of nitrogens with zero attached hydrogens (tertiary/aromatic N) is 1. The summed E-state index contributed by atoms with van der Waals surface area (Å²) in [6, 6.07) is 9.90. The monoisotopic (exact) mass is 334 g/mol. The van der Waals surface area contributed by atoms with Gasteiger partial charge < -0.3 is 14.8 Å². The molecule has 0 radical (unpaired) electrons. The maximum absolute atomic E-state index is 11.8. The molecule has 0 aliphatic heterocycles. The Morgan fingerprint density at radius 2 is 1.96 bits per heavy atom. The van der Waals surface area contributed by atoms with Gasteiger partial charge in [-0.1, -0.05) is 11.6 Å². The lowest BCUT2D eigenvalue weighted by molar-refractivity contribution is -0.119. The van der Waals surface area contributed by atoms with Gasteiger partial charge in [-0.3, -0.25) is 4.79 Å². The van der Waals surface area contributed by atoms with Crippen molar-refractivity contribution in [3.8, 4) is 5.75 Å². The van der Waals surface area contributed by atoms with E-state index in [2.05, 4.69) is 10.3 Å². The first-order valence-corrected chi connectivity index (χ1v) is 7.28. The van der Waals surface area contributed by atoms with E-state index < -0.39 is 18.5 Å². The first kappa shape index (κ1) is 16.8. The first-order chi connectivity index (χ1) is 11.1. The molecule has 0 fully saturated rings. The maximum Gasteiger partial charge on any atom is 0.341 e. The van der Waals surface area contributed by atoms with Gasteiger partial charge in [-0.15, -0.1) is 0 Å². The van der Waals surface area contributed by atoms with E-state index in [1.807, 2.05) is 6.92 Å². The minimum Gasteiger partial charge on any atom is -0.494 e. The Kier molecular flexibility index (Phi) is 5.94. The molecule has 0 aliphatic carbocycles. The summed E-state index contributed by atoms with van der Waals surface area (Å²) in [5.74, 6) is -0.449. The summed E-state index contributed by atoms with van der Waals surface area (Å²) in [6.45, 7) is 2.04. The number of carbonyl (C=O) groups excluding carboxylic acids is 2. The van der Waals surface area contributed by atoms with E-state index in [0.29, 0.717) is 18.0 Å². The maximum atomic E-state index is 11.8. The fourth-order valence-electron chi connectivity index (χ4n) is 1.75. The van der Waals surface area contributed by atoms with E-state index in [9.17, 15) is 9.59 Å². The van der Waals surface area contributed by atoms with Crippen LogP contribution in [-0.4, -0.2) is 30.1 Å². The molecule has 1 N–H and O–H groups in total. The molecule has 2 aromatic rings. The number of rotatable bonds is 6. The van der Waals surface area contributed by atoms with Crippen molar-refractivity contribution in [2.24, 2.45) is 0 Å². The van der Waals surface area contributed by atoms with Gasteiger partial charge in [0.1, 0.15) is 10.9 Å².